The normalized spacial score (nSPS) is 15.9. The molecule has 3 rings (SSSR count). The molecule has 0 spiro atoms. The fourth-order valence-electron chi connectivity index (χ4n) is 3.13. The summed E-state index contributed by atoms with van der Waals surface area (Å²) >= 11 is 2.89. The third kappa shape index (κ3) is 5.81. The van der Waals surface area contributed by atoms with Crippen LogP contribution in [0, 0.1) is 12.8 Å². The van der Waals surface area contributed by atoms with E-state index in [1.165, 1.54) is 29.5 Å². The van der Waals surface area contributed by atoms with Crippen LogP contribution >= 0.6 is 23.1 Å². The van der Waals surface area contributed by atoms with E-state index in [1.54, 1.807) is 0 Å². The molecule has 1 heterocycles. The number of aromatic nitrogens is 1. The van der Waals surface area contributed by atoms with Gasteiger partial charge in [0.15, 0.2) is 5.13 Å². The van der Waals surface area contributed by atoms with E-state index in [4.69, 9.17) is 0 Å². The van der Waals surface area contributed by atoms with Crippen LogP contribution in [-0.2, 0) is 9.59 Å². The van der Waals surface area contributed by atoms with Crippen molar-refractivity contribution in [2.45, 2.75) is 56.1 Å². The maximum Gasteiger partial charge on any atom is 0.239 e. The van der Waals surface area contributed by atoms with Crippen molar-refractivity contribution < 1.29 is 9.59 Å². The molecular formula is C20H25N3O2S2. The topological polar surface area (TPSA) is 71.1 Å². The second-order valence-corrected chi connectivity index (χ2v) is 9.17. The van der Waals surface area contributed by atoms with Gasteiger partial charge in [-0.3, -0.25) is 9.59 Å². The Kier molecular flexibility index (Phi) is 6.90. The van der Waals surface area contributed by atoms with Crippen molar-refractivity contribution in [1.82, 2.24) is 4.98 Å². The van der Waals surface area contributed by atoms with Gasteiger partial charge in [0.05, 0.1) is 10.9 Å². The van der Waals surface area contributed by atoms with Crippen molar-refractivity contribution >= 4 is 45.7 Å². The van der Waals surface area contributed by atoms with Gasteiger partial charge in [0.1, 0.15) is 0 Å². The number of carbonyl (C=O) groups excluding carboxylic acids is 2. The minimum absolute atomic E-state index is 0.0778. The molecule has 1 unspecified atom stereocenters. The molecule has 1 aliphatic carbocycles. The van der Waals surface area contributed by atoms with Crippen LogP contribution < -0.4 is 10.6 Å². The van der Waals surface area contributed by atoms with Crippen LogP contribution in [0.15, 0.2) is 34.5 Å². The van der Waals surface area contributed by atoms with Crippen LogP contribution in [-0.4, -0.2) is 22.0 Å². The van der Waals surface area contributed by atoms with E-state index >= 15 is 0 Å². The lowest BCUT2D eigenvalue weighted by Crippen LogP contribution is -2.24. The highest BCUT2D eigenvalue weighted by Gasteiger charge is 2.21. The Morgan fingerprint density at radius 2 is 2.00 bits per heavy atom. The molecule has 1 aromatic heterocycles. The standard InChI is InChI=1S/C20H25N3O2S2/c1-13-12-26-20(21-13)23-18(24)14(2)27-17-10-6-9-16(11-17)22-19(25)15-7-4-3-5-8-15/h6,9-12,14-15H,3-5,7-8H2,1-2H3,(H,22,25)(H,21,23,24). The Bertz CT molecular complexity index is 800. The van der Waals surface area contributed by atoms with Crippen LogP contribution in [0.5, 0.6) is 0 Å². The summed E-state index contributed by atoms with van der Waals surface area (Å²) in [5.41, 5.74) is 1.69. The number of hydrogen-bond acceptors (Lipinski definition) is 5. The number of rotatable bonds is 6. The first-order valence-corrected chi connectivity index (χ1v) is 11.1. The number of hydrogen-bond donors (Lipinski definition) is 2. The molecule has 1 fully saturated rings. The fourth-order valence-corrected chi connectivity index (χ4v) is 4.75. The lowest BCUT2D eigenvalue weighted by Gasteiger charge is -2.21. The molecule has 1 aliphatic rings. The van der Waals surface area contributed by atoms with Crippen LogP contribution in [0.3, 0.4) is 0 Å². The van der Waals surface area contributed by atoms with Gasteiger partial charge in [-0.1, -0.05) is 25.3 Å². The molecule has 1 aromatic carbocycles. The zero-order valence-corrected chi connectivity index (χ0v) is 17.3. The van der Waals surface area contributed by atoms with Crippen LogP contribution in [0.25, 0.3) is 0 Å². The van der Waals surface area contributed by atoms with E-state index in [0.29, 0.717) is 5.13 Å². The summed E-state index contributed by atoms with van der Waals surface area (Å²) in [7, 11) is 0. The molecule has 2 amide bonds. The number of carbonyl (C=O) groups is 2. The maximum absolute atomic E-state index is 12.4. The van der Waals surface area contributed by atoms with E-state index in [1.807, 2.05) is 43.5 Å². The predicted octanol–water partition coefficient (Wildman–Crippen LogP) is 5.09. The van der Waals surface area contributed by atoms with E-state index < -0.39 is 0 Å². The van der Waals surface area contributed by atoms with Crippen LogP contribution in [0.2, 0.25) is 0 Å². The molecule has 2 N–H and O–H groups in total. The monoisotopic (exact) mass is 403 g/mol. The summed E-state index contributed by atoms with van der Waals surface area (Å²) in [6.07, 6.45) is 5.47. The van der Waals surface area contributed by atoms with Crippen LogP contribution in [0.1, 0.15) is 44.7 Å². The molecule has 0 saturated heterocycles. The second kappa shape index (κ2) is 9.37. The highest BCUT2D eigenvalue weighted by Crippen LogP contribution is 2.29. The minimum Gasteiger partial charge on any atom is -0.326 e. The molecule has 0 radical (unpaired) electrons. The minimum atomic E-state index is -0.265. The van der Waals surface area contributed by atoms with Crippen molar-refractivity contribution in [2.24, 2.45) is 5.92 Å². The Hall–Kier alpha value is -1.86. The van der Waals surface area contributed by atoms with Gasteiger partial charge < -0.3 is 10.6 Å². The van der Waals surface area contributed by atoms with Gasteiger partial charge in [0.25, 0.3) is 0 Å². The smallest absolute Gasteiger partial charge is 0.239 e. The summed E-state index contributed by atoms with van der Waals surface area (Å²) in [4.78, 5) is 30.0. The molecule has 0 aliphatic heterocycles. The number of benzene rings is 1. The first kappa shape index (κ1) is 19.9. The van der Waals surface area contributed by atoms with E-state index in [2.05, 4.69) is 15.6 Å². The second-order valence-electron chi connectivity index (χ2n) is 6.90. The largest absolute Gasteiger partial charge is 0.326 e. The van der Waals surface area contributed by atoms with E-state index in [-0.39, 0.29) is 23.0 Å². The van der Waals surface area contributed by atoms with Crippen molar-refractivity contribution in [3.63, 3.8) is 0 Å². The molecule has 1 saturated carbocycles. The fraction of sp³-hybridized carbons (Fsp3) is 0.450. The van der Waals surface area contributed by atoms with Gasteiger partial charge >= 0.3 is 0 Å². The summed E-state index contributed by atoms with van der Waals surface area (Å²) in [6, 6.07) is 7.70. The molecule has 2 aromatic rings. The van der Waals surface area contributed by atoms with Gasteiger partial charge in [-0.05, 0) is 44.9 Å². The van der Waals surface area contributed by atoms with E-state index in [0.717, 1.165) is 42.0 Å². The number of nitrogens with one attached hydrogen (secondary N) is 2. The third-order valence-electron chi connectivity index (χ3n) is 4.61. The van der Waals surface area contributed by atoms with Crippen LogP contribution in [0.4, 0.5) is 10.8 Å². The van der Waals surface area contributed by atoms with Gasteiger partial charge in [-0.15, -0.1) is 23.1 Å². The van der Waals surface area contributed by atoms with E-state index in [9.17, 15) is 9.59 Å². The number of amides is 2. The Morgan fingerprint density at radius 1 is 1.22 bits per heavy atom. The number of thiazole rings is 1. The zero-order valence-electron chi connectivity index (χ0n) is 15.7. The Balaban J connectivity index is 1.56. The highest BCUT2D eigenvalue weighted by atomic mass is 32.2. The first-order valence-electron chi connectivity index (χ1n) is 9.32. The average molecular weight is 404 g/mol. The lowest BCUT2D eigenvalue weighted by molar-refractivity contribution is -0.120. The zero-order chi connectivity index (χ0) is 19.2. The van der Waals surface area contributed by atoms with Crippen molar-refractivity contribution in [2.75, 3.05) is 10.6 Å². The molecule has 27 heavy (non-hydrogen) atoms. The SMILES string of the molecule is Cc1csc(NC(=O)C(C)Sc2cccc(NC(=O)C3CCCCC3)c2)n1. The van der Waals surface area contributed by atoms with Crippen molar-refractivity contribution in [3.8, 4) is 0 Å². The van der Waals surface area contributed by atoms with Crippen molar-refractivity contribution in [3.05, 3.63) is 35.3 Å². The van der Waals surface area contributed by atoms with Crippen molar-refractivity contribution in [1.29, 1.82) is 0 Å². The number of anilines is 2. The average Bonchev–Trinajstić information content (AvgIpc) is 3.07. The van der Waals surface area contributed by atoms with Gasteiger partial charge in [0.2, 0.25) is 11.8 Å². The quantitative estimate of drug-likeness (QED) is 0.659. The van der Waals surface area contributed by atoms with Gasteiger partial charge in [0, 0.05) is 21.9 Å². The highest BCUT2D eigenvalue weighted by molar-refractivity contribution is 8.00. The molecule has 7 heteroatoms. The molecule has 5 nitrogen and oxygen atoms in total. The molecule has 0 bridgehead atoms. The maximum atomic E-state index is 12.4. The third-order valence-corrected chi connectivity index (χ3v) is 6.58. The molecule has 1 atom stereocenters. The molecular weight excluding hydrogens is 378 g/mol. The number of nitrogens with zero attached hydrogens (tertiary/aromatic N) is 1. The number of aryl methyl sites for hydroxylation is 1. The van der Waals surface area contributed by atoms with Gasteiger partial charge in [-0.25, -0.2) is 4.98 Å². The number of thioether (sulfide) groups is 1. The van der Waals surface area contributed by atoms with Gasteiger partial charge in [-0.2, -0.15) is 0 Å². The Morgan fingerprint density at radius 3 is 2.70 bits per heavy atom. The summed E-state index contributed by atoms with van der Waals surface area (Å²) in [6.45, 7) is 3.77. The predicted molar refractivity (Wildman–Crippen MR) is 112 cm³/mol. The summed E-state index contributed by atoms with van der Waals surface area (Å²) in [5.74, 6) is 0.161. The summed E-state index contributed by atoms with van der Waals surface area (Å²) < 4.78 is 0. The Labute approximate surface area is 168 Å². The lowest BCUT2D eigenvalue weighted by atomic mass is 9.88. The molecule has 144 valence electrons. The first-order chi connectivity index (χ1) is 13.0. The summed E-state index contributed by atoms with van der Waals surface area (Å²) in [5, 5.41) is 8.15.